The first-order valence-electron chi connectivity index (χ1n) is 6.23. The summed E-state index contributed by atoms with van der Waals surface area (Å²) in [4.78, 5) is 11.8. The Kier molecular flexibility index (Phi) is 5.11. The first kappa shape index (κ1) is 16.4. The van der Waals surface area contributed by atoms with Crippen LogP contribution in [-0.2, 0) is 21.5 Å². The molecule has 7 nitrogen and oxygen atoms in total. The first-order valence-corrected chi connectivity index (χ1v) is 8.24. The molecule has 1 heterocycles. The van der Waals surface area contributed by atoms with Crippen LogP contribution in [0.25, 0.3) is 11.0 Å². The van der Waals surface area contributed by atoms with E-state index in [0.717, 1.165) is 5.39 Å². The fourth-order valence-corrected chi connectivity index (χ4v) is 2.20. The predicted molar refractivity (Wildman–Crippen MR) is 84.3 cm³/mol. The van der Waals surface area contributed by atoms with E-state index in [2.05, 4.69) is 5.32 Å². The summed E-state index contributed by atoms with van der Waals surface area (Å²) in [7, 11) is -4.06. The lowest BCUT2D eigenvalue weighted by Gasteiger charge is -2.08. The number of nitrogens with one attached hydrogen (secondary N) is 1. The molecular weight excluding hydrogens is 330 g/mol. The van der Waals surface area contributed by atoms with E-state index in [9.17, 15) is 13.2 Å². The molecule has 118 valence electrons. The Labute approximate surface area is 131 Å². The maximum absolute atomic E-state index is 11.8. The summed E-state index contributed by atoms with van der Waals surface area (Å²) in [6.45, 7) is -0.200. The standard InChI is InChI=1S/C13H13NO6S2/c15-12-10(7-9-3-1-2-4-11(9)20-12)8-19-13(21)14-5-6-22(16,17)18/h1-4,7H,5-6,8H2,(H,14,21)(H,16,17,18). The largest absolute Gasteiger partial charge is 0.466 e. The molecule has 0 aliphatic carbocycles. The fraction of sp³-hybridized carbons (Fsp3) is 0.231. The highest BCUT2D eigenvalue weighted by Crippen LogP contribution is 2.12. The SMILES string of the molecule is O=c1oc2ccccc2cc1COC(=S)NCCS(=O)(=O)O. The Morgan fingerprint density at radius 1 is 1.36 bits per heavy atom. The molecule has 0 spiro atoms. The molecule has 0 aliphatic rings. The van der Waals surface area contributed by atoms with Crippen molar-refractivity contribution in [3.63, 3.8) is 0 Å². The number of benzene rings is 1. The second-order valence-electron chi connectivity index (χ2n) is 4.39. The van der Waals surface area contributed by atoms with E-state index in [0.29, 0.717) is 5.58 Å². The quantitative estimate of drug-likeness (QED) is 0.472. The van der Waals surface area contributed by atoms with E-state index in [1.54, 1.807) is 24.3 Å². The highest BCUT2D eigenvalue weighted by molar-refractivity contribution is 7.85. The Bertz CT molecular complexity index is 843. The van der Waals surface area contributed by atoms with Gasteiger partial charge in [0.25, 0.3) is 15.3 Å². The number of para-hydroxylation sites is 1. The van der Waals surface area contributed by atoms with Gasteiger partial charge in [-0.2, -0.15) is 8.42 Å². The third kappa shape index (κ3) is 4.79. The lowest BCUT2D eigenvalue weighted by Crippen LogP contribution is -2.29. The molecule has 0 unspecified atom stereocenters. The van der Waals surface area contributed by atoms with Crippen LogP contribution in [0.5, 0.6) is 0 Å². The lowest BCUT2D eigenvalue weighted by atomic mass is 10.2. The van der Waals surface area contributed by atoms with Crippen molar-refractivity contribution in [2.75, 3.05) is 12.3 Å². The molecule has 2 rings (SSSR count). The van der Waals surface area contributed by atoms with Gasteiger partial charge in [0.1, 0.15) is 12.2 Å². The number of hydrogen-bond donors (Lipinski definition) is 2. The van der Waals surface area contributed by atoms with Crippen molar-refractivity contribution >= 4 is 38.5 Å². The molecule has 1 aromatic heterocycles. The Balaban J connectivity index is 1.95. The molecule has 22 heavy (non-hydrogen) atoms. The molecule has 9 heteroatoms. The zero-order valence-electron chi connectivity index (χ0n) is 11.3. The molecule has 0 saturated carbocycles. The van der Waals surface area contributed by atoms with E-state index < -0.39 is 21.5 Å². The maximum atomic E-state index is 11.8. The van der Waals surface area contributed by atoms with E-state index >= 15 is 0 Å². The Morgan fingerprint density at radius 3 is 2.82 bits per heavy atom. The van der Waals surface area contributed by atoms with Crippen LogP contribution < -0.4 is 10.9 Å². The number of ether oxygens (including phenoxy) is 1. The van der Waals surface area contributed by atoms with Gasteiger partial charge in [-0.15, -0.1) is 0 Å². The minimum absolute atomic E-state index is 0.0730. The van der Waals surface area contributed by atoms with Gasteiger partial charge in [0.2, 0.25) is 0 Å². The average molecular weight is 343 g/mol. The molecule has 0 bridgehead atoms. The minimum atomic E-state index is -4.06. The predicted octanol–water partition coefficient (Wildman–Crippen LogP) is 1.07. The van der Waals surface area contributed by atoms with Gasteiger partial charge in [-0.3, -0.25) is 4.55 Å². The van der Waals surface area contributed by atoms with Gasteiger partial charge >= 0.3 is 5.63 Å². The van der Waals surface area contributed by atoms with Gasteiger partial charge < -0.3 is 14.5 Å². The molecule has 1 aromatic carbocycles. The van der Waals surface area contributed by atoms with Crippen LogP contribution in [0.2, 0.25) is 0 Å². The molecule has 0 amide bonds. The smallest absolute Gasteiger partial charge is 0.342 e. The molecule has 2 aromatic rings. The highest BCUT2D eigenvalue weighted by Gasteiger charge is 2.08. The average Bonchev–Trinajstić information content (AvgIpc) is 2.43. The summed E-state index contributed by atoms with van der Waals surface area (Å²) in [5.41, 5.74) is 0.238. The maximum Gasteiger partial charge on any atom is 0.342 e. The van der Waals surface area contributed by atoms with Gasteiger partial charge in [0, 0.05) is 11.9 Å². The van der Waals surface area contributed by atoms with Crippen molar-refractivity contribution in [2.45, 2.75) is 6.61 Å². The van der Waals surface area contributed by atoms with Crippen molar-refractivity contribution < 1.29 is 22.1 Å². The molecule has 0 fully saturated rings. The zero-order valence-corrected chi connectivity index (χ0v) is 12.9. The van der Waals surface area contributed by atoms with E-state index in [1.807, 2.05) is 6.07 Å². The van der Waals surface area contributed by atoms with Crippen LogP contribution in [0.3, 0.4) is 0 Å². The fourth-order valence-electron chi connectivity index (χ4n) is 1.68. The van der Waals surface area contributed by atoms with Crippen molar-refractivity contribution in [3.8, 4) is 0 Å². The van der Waals surface area contributed by atoms with E-state index in [4.69, 9.17) is 25.9 Å². The second-order valence-corrected chi connectivity index (χ2v) is 6.33. The molecule has 0 saturated heterocycles. The summed E-state index contributed by atoms with van der Waals surface area (Å²) >= 11 is 4.84. The third-order valence-electron chi connectivity index (χ3n) is 2.70. The molecule has 2 N–H and O–H groups in total. The van der Waals surface area contributed by atoms with Crippen LogP contribution in [0.4, 0.5) is 0 Å². The minimum Gasteiger partial charge on any atom is -0.466 e. The van der Waals surface area contributed by atoms with E-state index in [-0.39, 0.29) is 23.9 Å². The number of hydrogen-bond acceptors (Lipinski definition) is 6. The van der Waals surface area contributed by atoms with Crippen molar-refractivity contribution in [1.29, 1.82) is 0 Å². The summed E-state index contributed by atoms with van der Waals surface area (Å²) < 4.78 is 39.9. The lowest BCUT2D eigenvalue weighted by molar-refractivity contribution is 0.282. The first-order chi connectivity index (χ1) is 10.3. The van der Waals surface area contributed by atoms with Crippen molar-refractivity contribution in [1.82, 2.24) is 5.32 Å². The third-order valence-corrected chi connectivity index (χ3v) is 3.68. The normalized spacial score (nSPS) is 11.3. The summed E-state index contributed by atoms with van der Waals surface area (Å²) in [6.07, 6.45) is 0. The summed E-state index contributed by atoms with van der Waals surface area (Å²) in [5, 5.41) is 3.19. The van der Waals surface area contributed by atoms with Gasteiger partial charge in [-0.25, -0.2) is 4.79 Å². The van der Waals surface area contributed by atoms with Gasteiger partial charge in [0.15, 0.2) is 0 Å². The Morgan fingerprint density at radius 2 is 2.09 bits per heavy atom. The molecule has 0 atom stereocenters. The summed E-state index contributed by atoms with van der Waals surface area (Å²) in [5.74, 6) is -0.491. The van der Waals surface area contributed by atoms with Crippen molar-refractivity contribution in [3.05, 3.63) is 46.3 Å². The molecule has 0 radical (unpaired) electrons. The van der Waals surface area contributed by atoms with Crippen LogP contribution in [0.15, 0.2) is 39.5 Å². The monoisotopic (exact) mass is 343 g/mol. The van der Waals surface area contributed by atoms with Crippen molar-refractivity contribution in [2.24, 2.45) is 0 Å². The van der Waals surface area contributed by atoms with E-state index in [1.165, 1.54) is 0 Å². The van der Waals surface area contributed by atoms with Gasteiger partial charge in [-0.1, -0.05) is 18.2 Å². The highest BCUT2D eigenvalue weighted by atomic mass is 32.2. The topological polar surface area (TPSA) is 106 Å². The molecular formula is C13H13NO6S2. The number of fused-ring (bicyclic) bond motifs is 1. The van der Waals surface area contributed by atoms with Gasteiger partial charge in [-0.05, 0) is 24.4 Å². The number of thiocarbonyl (C=S) groups is 1. The zero-order chi connectivity index (χ0) is 16.2. The van der Waals surface area contributed by atoms with Crippen LogP contribution in [-0.4, -0.2) is 30.4 Å². The van der Waals surface area contributed by atoms with Gasteiger partial charge in [0.05, 0.1) is 11.3 Å². The number of rotatable bonds is 5. The van der Waals surface area contributed by atoms with Crippen LogP contribution in [0, 0.1) is 0 Å². The Hall–Kier alpha value is -1.97. The second kappa shape index (κ2) is 6.86. The summed E-state index contributed by atoms with van der Waals surface area (Å²) in [6, 6.07) is 8.69. The van der Waals surface area contributed by atoms with Crippen LogP contribution in [0.1, 0.15) is 5.56 Å². The van der Waals surface area contributed by atoms with Crippen LogP contribution >= 0.6 is 12.2 Å². The molecule has 0 aliphatic heterocycles.